The van der Waals surface area contributed by atoms with Crippen LogP contribution in [0.3, 0.4) is 0 Å². The highest BCUT2D eigenvalue weighted by molar-refractivity contribution is 5.24. The summed E-state index contributed by atoms with van der Waals surface area (Å²) in [5.74, 6) is 1.60. The maximum absolute atomic E-state index is 10.9. The molecule has 1 aliphatic heterocycles. The molecule has 0 aromatic heterocycles. The van der Waals surface area contributed by atoms with Crippen LogP contribution in [0, 0.1) is 11.8 Å². The number of rotatable bonds is 2. The van der Waals surface area contributed by atoms with Gasteiger partial charge in [0.2, 0.25) is 0 Å². The number of hydrogen-bond donors (Lipinski definition) is 2. The van der Waals surface area contributed by atoms with Crippen LogP contribution in [0.25, 0.3) is 0 Å². The Balaban J connectivity index is 1.77. The third-order valence-electron chi connectivity index (χ3n) is 5.24. The second-order valence-electron chi connectivity index (χ2n) is 6.75. The Hall–Kier alpha value is -0.860. The van der Waals surface area contributed by atoms with Crippen LogP contribution in [0.4, 0.5) is 0 Å². The van der Waals surface area contributed by atoms with E-state index in [0.29, 0.717) is 6.04 Å². The van der Waals surface area contributed by atoms with Gasteiger partial charge in [0.05, 0.1) is 0 Å². The first-order valence-electron chi connectivity index (χ1n) is 7.61. The summed E-state index contributed by atoms with van der Waals surface area (Å²) in [6.45, 7) is 4.32. The monoisotopic (exact) mass is 259 g/mol. The Kier molecular flexibility index (Phi) is 3.40. The quantitative estimate of drug-likeness (QED) is 0.855. The van der Waals surface area contributed by atoms with Gasteiger partial charge in [0, 0.05) is 12.1 Å². The van der Waals surface area contributed by atoms with E-state index in [1.54, 1.807) is 0 Å². The van der Waals surface area contributed by atoms with Crippen LogP contribution in [0.5, 0.6) is 0 Å². The van der Waals surface area contributed by atoms with Gasteiger partial charge < -0.3 is 10.4 Å². The molecule has 104 valence electrons. The molecule has 1 aromatic carbocycles. The number of benzene rings is 1. The van der Waals surface area contributed by atoms with E-state index in [1.807, 2.05) is 37.3 Å². The van der Waals surface area contributed by atoms with Gasteiger partial charge in [0.15, 0.2) is 0 Å². The Morgan fingerprint density at radius 2 is 1.89 bits per heavy atom. The molecule has 0 bridgehead atoms. The lowest BCUT2D eigenvalue weighted by atomic mass is 9.78. The molecule has 2 unspecified atom stereocenters. The normalized spacial score (nSPS) is 37.6. The van der Waals surface area contributed by atoms with Crippen LogP contribution in [-0.4, -0.2) is 17.2 Å². The van der Waals surface area contributed by atoms with E-state index in [2.05, 4.69) is 12.2 Å². The minimum Gasteiger partial charge on any atom is -0.384 e. The SMILES string of the molecule is CC1CC[C@@H]2NC([C@](C)(O)c3ccccc3)C[C@@H]2C1. The molecular weight excluding hydrogens is 234 g/mol. The second kappa shape index (κ2) is 4.92. The van der Waals surface area contributed by atoms with Crippen LogP contribution in [0.15, 0.2) is 30.3 Å². The fraction of sp³-hybridized carbons (Fsp3) is 0.647. The summed E-state index contributed by atoms with van der Waals surface area (Å²) < 4.78 is 0. The van der Waals surface area contributed by atoms with Crippen LogP contribution in [0.1, 0.15) is 45.1 Å². The largest absolute Gasteiger partial charge is 0.384 e. The summed E-state index contributed by atoms with van der Waals surface area (Å²) in [6.07, 6.45) is 5.03. The lowest BCUT2D eigenvalue weighted by Crippen LogP contribution is -2.45. The molecule has 1 saturated carbocycles. The predicted octanol–water partition coefficient (Wildman–Crippen LogP) is 3.06. The van der Waals surface area contributed by atoms with E-state index < -0.39 is 5.60 Å². The lowest BCUT2D eigenvalue weighted by molar-refractivity contribution is 0.0196. The first-order valence-corrected chi connectivity index (χ1v) is 7.61. The lowest BCUT2D eigenvalue weighted by Gasteiger charge is -2.31. The van der Waals surface area contributed by atoms with Gasteiger partial charge >= 0.3 is 0 Å². The van der Waals surface area contributed by atoms with Gasteiger partial charge in [-0.3, -0.25) is 0 Å². The zero-order chi connectivity index (χ0) is 13.5. The van der Waals surface area contributed by atoms with Gasteiger partial charge in [-0.2, -0.15) is 0 Å². The Bertz CT molecular complexity index is 428. The maximum atomic E-state index is 10.9. The van der Waals surface area contributed by atoms with Crippen molar-refractivity contribution in [2.45, 2.75) is 57.2 Å². The first-order chi connectivity index (χ1) is 9.07. The highest BCUT2D eigenvalue weighted by atomic mass is 16.3. The molecule has 5 atom stereocenters. The molecule has 0 spiro atoms. The van der Waals surface area contributed by atoms with Crippen molar-refractivity contribution in [1.82, 2.24) is 5.32 Å². The molecule has 1 heterocycles. The standard InChI is InChI=1S/C17H25NO/c1-12-8-9-15-13(10-12)11-16(18-15)17(2,19)14-6-4-3-5-7-14/h3-7,12-13,15-16,18-19H,8-11H2,1-2H3/t12?,13-,15-,16?,17+/m0/s1. The van der Waals surface area contributed by atoms with E-state index >= 15 is 0 Å². The number of fused-ring (bicyclic) bond motifs is 1. The van der Waals surface area contributed by atoms with Crippen LogP contribution in [-0.2, 0) is 5.60 Å². The number of nitrogens with one attached hydrogen (secondary N) is 1. The molecule has 1 aromatic rings. The fourth-order valence-electron chi connectivity index (χ4n) is 3.98. The van der Waals surface area contributed by atoms with Crippen LogP contribution < -0.4 is 5.32 Å². The molecule has 1 saturated heterocycles. The molecule has 0 radical (unpaired) electrons. The van der Waals surface area contributed by atoms with Crippen molar-refractivity contribution in [3.05, 3.63) is 35.9 Å². The Labute approximate surface area is 116 Å². The third-order valence-corrected chi connectivity index (χ3v) is 5.24. The second-order valence-corrected chi connectivity index (χ2v) is 6.75. The molecule has 1 aliphatic carbocycles. The van der Waals surface area contributed by atoms with Crippen molar-refractivity contribution >= 4 is 0 Å². The molecule has 2 aliphatic rings. The average Bonchev–Trinajstić information content (AvgIpc) is 2.83. The highest BCUT2D eigenvalue weighted by Gasteiger charge is 2.44. The summed E-state index contributed by atoms with van der Waals surface area (Å²) in [7, 11) is 0. The number of aliphatic hydroxyl groups is 1. The van der Waals surface area contributed by atoms with E-state index in [-0.39, 0.29) is 6.04 Å². The van der Waals surface area contributed by atoms with Crippen molar-refractivity contribution in [3.63, 3.8) is 0 Å². The summed E-state index contributed by atoms with van der Waals surface area (Å²) in [6, 6.07) is 10.9. The van der Waals surface area contributed by atoms with Gasteiger partial charge in [-0.15, -0.1) is 0 Å². The molecule has 2 N–H and O–H groups in total. The summed E-state index contributed by atoms with van der Waals surface area (Å²) in [4.78, 5) is 0. The van der Waals surface area contributed by atoms with Crippen molar-refractivity contribution in [1.29, 1.82) is 0 Å². The van der Waals surface area contributed by atoms with Gasteiger partial charge in [0.1, 0.15) is 5.60 Å². The average molecular weight is 259 g/mol. The number of hydrogen-bond acceptors (Lipinski definition) is 2. The third kappa shape index (κ3) is 2.44. The summed E-state index contributed by atoms with van der Waals surface area (Å²) in [5, 5.41) is 14.6. The summed E-state index contributed by atoms with van der Waals surface area (Å²) >= 11 is 0. The molecule has 2 heteroatoms. The van der Waals surface area contributed by atoms with E-state index in [9.17, 15) is 5.11 Å². The maximum Gasteiger partial charge on any atom is 0.102 e. The molecule has 3 rings (SSSR count). The van der Waals surface area contributed by atoms with E-state index in [4.69, 9.17) is 0 Å². The van der Waals surface area contributed by atoms with Crippen LogP contribution >= 0.6 is 0 Å². The predicted molar refractivity (Wildman–Crippen MR) is 77.8 cm³/mol. The molecular formula is C17H25NO. The van der Waals surface area contributed by atoms with Crippen molar-refractivity contribution in [2.75, 3.05) is 0 Å². The molecule has 2 fully saturated rings. The van der Waals surface area contributed by atoms with Crippen molar-refractivity contribution in [3.8, 4) is 0 Å². The zero-order valence-electron chi connectivity index (χ0n) is 12.0. The topological polar surface area (TPSA) is 32.3 Å². The minimum atomic E-state index is -0.762. The van der Waals surface area contributed by atoms with Gasteiger partial charge in [-0.25, -0.2) is 0 Å². The van der Waals surface area contributed by atoms with Crippen LogP contribution in [0.2, 0.25) is 0 Å². The highest BCUT2D eigenvalue weighted by Crippen LogP contribution is 2.41. The molecule has 19 heavy (non-hydrogen) atoms. The molecule has 2 nitrogen and oxygen atoms in total. The molecule has 0 amide bonds. The minimum absolute atomic E-state index is 0.190. The Morgan fingerprint density at radius 1 is 1.16 bits per heavy atom. The fourth-order valence-corrected chi connectivity index (χ4v) is 3.98. The van der Waals surface area contributed by atoms with Crippen molar-refractivity contribution in [2.24, 2.45) is 11.8 Å². The zero-order valence-corrected chi connectivity index (χ0v) is 12.0. The van der Waals surface area contributed by atoms with E-state index in [1.165, 1.54) is 19.3 Å². The van der Waals surface area contributed by atoms with Gasteiger partial charge in [0.25, 0.3) is 0 Å². The summed E-state index contributed by atoms with van der Waals surface area (Å²) in [5.41, 5.74) is 0.265. The first kappa shape index (κ1) is 13.1. The smallest absolute Gasteiger partial charge is 0.102 e. The van der Waals surface area contributed by atoms with E-state index in [0.717, 1.165) is 23.8 Å². The Morgan fingerprint density at radius 3 is 2.63 bits per heavy atom. The van der Waals surface area contributed by atoms with Gasteiger partial charge in [-0.05, 0) is 50.0 Å². The van der Waals surface area contributed by atoms with Crippen molar-refractivity contribution < 1.29 is 5.11 Å². The van der Waals surface area contributed by atoms with Gasteiger partial charge in [-0.1, -0.05) is 37.3 Å².